The first-order chi connectivity index (χ1) is 12.9. The molecule has 29 heavy (non-hydrogen) atoms. The number of benzene rings is 1. The molecule has 6 nitrogen and oxygen atoms in total. The van der Waals surface area contributed by atoms with E-state index in [1.165, 1.54) is 0 Å². The van der Waals surface area contributed by atoms with E-state index >= 15 is 0 Å². The van der Waals surface area contributed by atoms with Crippen LogP contribution in [0, 0.1) is 0 Å². The number of likely N-dealkylation sites (tertiary alicyclic amines) is 1. The molecule has 3 N–H and O–H groups in total. The van der Waals surface area contributed by atoms with Gasteiger partial charge in [0, 0.05) is 0 Å². The van der Waals surface area contributed by atoms with E-state index in [0.717, 1.165) is 25.8 Å². The Labute approximate surface area is 200 Å². The van der Waals surface area contributed by atoms with Crippen LogP contribution in [0.2, 0.25) is 14.8 Å². The minimum absolute atomic E-state index is 0. The van der Waals surface area contributed by atoms with Gasteiger partial charge in [-0.25, -0.2) is 0 Å². The van der Waals surface area contributed by atoms with Gasteiger partial charge in [-0.05, 0) is 6.07 Å². The predicted octanol–water partition coefficient (Wildman–Crippen LogP) is 2.28. The van der Waals surface area contributed by atoms with E-state index in [9.17, 15) is 9.59 Å². The van der Waals surface area contributed by atoms with Crippen molar-refractivity contribution in [3.63, 3.8) is 0 Å². The molecule has 1 aromatic rings. The van der Waals surface area contributed by atoms with Crippen molar-refractivity contribution in [2.45, 2.75) is 36.1 Å². The van der Waals surface area contributed by atoms with E-state index in [0.29, 0.717) is 33.6 Å². The average Bonchev–Trinajstić information content (AvgIpc) is 3.09. The number of carbonyl (C=O) groups is 2. The molecule has 11 heteroatoms. The van der Waals surface area contributed by atoms with Crippen LogP contribution >= 0.6 is 48.0 Å². The maximum atomic E-state index is 12.7. The van der Waals surface area contributed by atoms with Gasteiger partial charge in [-0.3, -0.25) is 0 Å². The van der Waals surface area contributed by atoms with Crippen LogP contribution < -0.4 is 15.8 Å². The van der Waals surface area contributed by atoms with E-state index in [4.69, 9.17) is 33.7 Å². The molecule has 2 heterocycles. The molecule has 0 spiro atoms. The number of ether oxygens (including phenoxy) is 1. The predicted molar refractivity (Wildman–Crippen MR) is 123 cm³/mol. The number of hydrogen-bond acceptors (Lipinski definition) is 5. The molecular formula is C18H26AsCl4N3O3. The summed E-state index contributed by atoms with van der Waals surface area (Å²) in [5.74, 6) is 0.792. The third kappa shape index (κ3) is 7.77. The first-order valence-corrected chi connectivity index (χ1v) is 12.1. The second-order valence-electron chi connectivity index (χ2n) is 6.91. The Morgan fingerprint density at radius 3 is 2.38 bits per heavy atom. The average molecular weight is 549 g/mol. The molecule has 2 saturated heterocycles. The monoisotopic (exact) mass is 547 g/mol. The van der Waals surface area contributed by atoms with E-state index in [1.807, 2.05) is 4.90 Å². The molecule has 1 aromatic carbocycles. The summed E-state index contributed by atoms with van der Waals surface area (Å²) in [5, 5.41) is 4.37. The molecule has 0 aromatic heterocycles. The Bertz CT molecular complexity index is 685. The van der Waals surface area contributed by atoms with Crippen LogP contribution in [0.5, 0.6) is 5.75 Å². The van der Waals surface area contributed by atoms with Crippen molar-refractivity contribution < 1.29 is 14.3 Å². The number of piperidine rings is 1. The summed E-state index contributed by atoms with van der Waals surface area (Å²) in [6, 6.07) is 5.00. The van der Waals surface area contributed by atoms with Crippen molar-refractivity contribution >= 4 is 74.2 Å². The van der Waals surface area contributed by atoms with Crippen molar-refractivity contribution in [3.8, 4) is 5.75 Å². The van der Waals surface area contributed by atoms with Gasteiger partial charge in [0.15, 0.2) is 0 Å². The molecule has 3 atom stereocenters. The van der Waals surface area contributed by atoms with Crippen molar-refractivity contribution in [3.05, 3.63) is 28.2 Å². The Balaban J connectivity index is 0.00000210. The van der Waals surface area contributed by atoms with Crippen molar-refractivity contribution in [2.24, 2.45) is 5.73 Å². The van der Waals surface area contributed by atoms with Crippen LogP contribution in [0.1, 0.15) is 19.3 Å². The van der Waals surface area contributed by atoms with Gasteiger partial charge in [0.2, 0.25) is 0 Å². The number of hydrogen-bond donors (Lipinski definition) is 2. The number of nitrogens with zero attached hydrogens (tertiary/aromatic N) is 1. The van der Waals surface area contributed by atoms with Gasteiger partial charge < -0.3 is 0 Å². The Hall–Kier alpha value is -0.202. The molecule has 0 radical (unpaired) electrons. The molecule has 0 bridgehead atoms. The molecule has 0 saturated carbocycles. The summed E-state index contributed by atoms with van der Waals surface area (Å²) in [6.07, 6.45) is 2.33. The number of halogens is 4. The summed E-state index contributed by atoms with van der Waals surface area (Å²) in [7, 11) is 0. The molecule has 2 aliphatic rings. The molecule has 2 aliphatic heterocycles. The fourth-order valence-electron chi connectivity index (χ4n) is 3.52. The first-order valence-electron chi connectivity index (χ1n) is 9.09. The van der Waals surface area contributed by atoms with Crippen LogP contribution in [0.4, 0.5) is 0 Å². The second-order valence-corrected chi connectivity index (χ2v) is 11.3. The number of rotatable bonds is 6. The summed E-state index contributed by atoms with van der Waals surface area (Å²) in [6.45, 7) is 2.20. The van der Waals surface area contributed by atoms with Gasteiger partial charge in [-0.1, -0.05) is 23.2 Å². The molecule has 164 valence electrons. The normalized spacial score (nSPS) is 22.2. The number of carbonyl (C=O) groups excluding carboxylic acids is 2. The first kappa shape index (κ1) is 26.8. The molecule has 3 rings (SSSR count). The third-order valence-corrected chi connectivity index (χ3v) is 8.19. The third-order valence-electron chi connectivity index (χ3n) is 4.87. The number of amides is 1. The zero-order valence-electron chi connectivity index (χ0n) is 15.7. The van der Waals surface area contributed by atoms with Crippen molar-refractivity contribution in [2.75, 3.05) is 26.2 Å². The van der Waals surface area contributed by atoms with Crippen LogP contribution in [-0.2, 0) is 9.59 Å². The minimum atomic E-state index is -0.736. The van der Waals surface area contributed by atoms with Crippen LogP contribution in [0.3, 0.4) is 0 Å². The molecule has 2 fully saturated rings. The zero-order valence-corrected chi connectivity index (χ0v) is 21.0. The van der Waals surface area contributed by atoms with Crippen LogP contribution in [-0.4, -0.2) is 69.5 Å². The van der Waals surface area contributed by atoms with E-state index < -0.39 is 15.8 Å². The standard InChI is InChI=1S/C18H24AsCl2N3O3.2ClH/c20-12-6-13(21)8-15(7-12)27-14-1-3-24(4-2-14)18(26)16-5-11(10-23-16)19-17(25)9-22;;/h6-8,11,14,16,19,23H,1-5,9-10,22H2;2*1H/t11-,16+;;/m0../s1. The SMILES string of the molecule is Cl.Cl.NCC(=O)[AsH][C@@H]1CN[C@@H](C(=O)N2CCC(Oc3cc(Cl)cc(Cl)c3)CC2)C1. The van der Waals surface area contributed by atoms with Gasteiger partial charge in [-0.15, -0.1) is 24.8 Å². The Kier molecular flexibility index (Phi) is 11.7. The van der Waals surface area contributed by atoms with E-state index in [2.05, 4.69) is 5.32 Å². The Morgan fingerprint density at radius 2 is 1.79 bits per heavy atom. The molecule has 1 unspecified atom stereocenters. The second kappa shape index (κ2) is 12.6. The number of nitrogens with two attached hydrogens (primary N) is 1. The Morgan fingerprint density at radius 1 is 1.17 bits per heavy atom. The van der Waals surface area contributed by atoms with Crippen molar-refractivity contribution in [1.82, 2.24) is 10.2 Å². The van der Waals surface area contributed by atoms with Crippen LogP contribution in [0.25, 0.3) is 0 Å². The molecule has 0 aliphatic carbocycles. The topological polar surface area (TPSA) is 84.7 Å². The van der Waals surface area contributed by atoms with Gasteiger partial charge in [-0.2, -0.15) is 0 Å². The molecule has 1 amide bonds. The summed E-state index contributed by atoms with van der Waals surface area (Å²) < 4.78 is 6.47. The van der Waals surface area contributed by atoms with Gasteiger partial charge >= 0.3 is 147 Å². The fourth-order valence-corrected chi connectivity index (χ4v) is 6.44. The fraction of sp³-hybridized carbons (Fsp3) is 0.556. The van der Waals surface area contributed by atoms with Crippen molar-refractivity contribution in [1.29, 1.82) is 0 Å². The summed E-state index contributed by atoms with van der Waals surface area (Å²) >= 11 is 11.3. The number of nitrogens with one attached hydrogen (secondary N) is 1. The van der Waals surface area contributed by atoms with Gasteiger partial charge in [0.1, 0.15) is 0 Å². The quantitative estimate of drug-likeness (QED) is 0.533. The summed E-state index contributed by atoms with van der Waals surface area (Å²) in [4.78, 5) is 26.2. The van der Waals surface area contributed by atoms with Gasteiger partial charge in [0.05, 0.1) is 0 Å². The van der Waals surface area contributed by atoms with Gasteiger partial charge in [0.25, 0.3) is 0 Å². The molecular weight excluding hydrogens is 523 g/mol. The van der Waals surface area contributed by atoms with E-state index in [-0.39, 0.29) is 54.0 Å². The maximum absolute atomic E-state index is 12.7. The summed E-state index contributed by atoms with van der Waals surface area (Å²) in [5.41, 5.74) is 5.41. The zero-order chi connectivity index (χ0) is 19.4. The van der Waals surface area contributed by atoms with Crippen LogP contribution in [0.15, 0.2) is 18.2 Å². The van der Waals surface area contributed by atoms with E-state index in [1.54, 1.807) is 18.2 Å².